The van der Waals surface area contributed by atoms with Crippen molar-refractivity contribution in [1.29, 1.82) is 0 Å². The highest BCUT2D eigenvalue weighted by atomic mass is 32.2. The highest BCUT2D eigenvalue weighted by molar-refractivity contribution is 7.89. The van der Waals surface area contributed by atoms with Crippen molar-refractivity contribution < 1.29 is 40.0 Å². The summed E-state index contributed by atoms with van der Waals surface area (Å²) >= 11 is 0. The molecule has 2 aliphatic heterocycles. The summed E-state index contributed by atoms with van der Waals surface area (Å²) in [6.45, 7) is 4.69. The lowest BCUT2D eigenvalue weighted by Crippen LogP contribution is -2.54. The number of nitrogens with zero attached hydrogens (tertiary/aromatic N) is 2. The van der Waals surface area contributed by atoms with Crippen LogP contribution in [0.25, 0.3) is 0 Å². The molecule has 0 radical (unpaired) electrons. The molecule has 2 heterocycles. The van der Waals surface area contributed by atoms with Gasteiger partial charge < -0.3 is 23.8 Å². The third kappa shape index (κ3) is 8.84. The minimum Gasteiger partial charge on any atom is -0.497 e. The molecule has 0 aromatic heterocycles. The van der Waals surface area contributed by atoms with Gasteiger partial charge in [-0.3, -0.25) is 4.18 Å². The van der Waals surface area contributed by atoms with Gasteiger partial charge in [-0.15, -0.1) is 0 Å². The number of piperidine rings is 1. The second-order valence-corrected chi connectivity index (χ2v) is 15.5. The number of sulfonamides is 1. The molecular weight excluding hydrogens is 645 g/mol. The third-order valence-electron chi connectivity index (χ3n) is 8.61. The summed E-state index contributed by atoms with van der Waals surface area (Å²) in [5.74, 6) is 1.24. The van der Waals surface area contributed by atoms with Gasteiger partial charge >= 0.3 is 0 Å². The van der Waals surface area contributed by atoms with Crippen LogP contribution in [0.5, 0.6) is 11.5 Å². The molecule has 3 atom stereocenters. The average molecular weight is 689 g/mol. The molecule has 3 aromatic carbocycles. The van der Waals surface area contributed by atoms with E-state index in [4.69, 9.17) is 23.1 Å². The number of aryl methyl sites for hydroxylation is 1. The molecule has 2 aliphatic rings. The monoisotopic (exact) mass is 688 g/mol. The van der Waals surface area contributed by atoms with Crippen LogP contribution in [0, 0.1) is 6.92 Å². The fourth-order valence-corrected chi connectivity index (χ4v) is 8.16. The Morgan fingerprint density at radius 3 is 2.38 bits per heavy atom. The Hall–Kier alpha value is -3.20. The van der Waals surface area contributed by atoms with Crippen molar-refractivity contribution in [3.8, 4) is 11.5 Å². The Balaban J connectivity index is 1.46. The van der Waals surface area contributed by atoms with E-state index in [1.165, 1.54) is 4.31 Å². The van der Waals surface area contributed by atoms with Crippen LogP contribution in [-0.2, 0) is 40.4 Å². The quantitative estimate of drug-likeness (QED) is 0.179. The Labute approximate surface area is 278 Å². The molecule has 0 bridgehead atoms. The molecule has 5 rings (SSSR count). The molecule has 0 amide bonds. The normalized spacial score (nSPS) is 20.4. The lowest BCUT2D eigenvalue weighted by atomic mass is 9.84. The molecule has 0 N–H and O–H groups in total. The number of hydrogen-bond donors (Lipinski definition) is 0. The Bertz CT molecular complexity index is 1700. The van der Waals surface area contributed by atoms with Gasteiger partial charge in [0.2, 0.25) is 10.0 Å². The Morgan fingerprint density at radius 1 is 0.957 bits per heavy atom. The lowest BCUT2D eigenvalue weighted by molar-refractivity contribution is -0.0249. The molecule has 0 spiro atoms. The first-order chi connectivity index (χ1) is 22.5. The fourth-order valence-electron chi connectivity index (χ4n) is 6.12. The summed E-state index contributed by atoms with van der Waals surface area (Å²) in [4.78, 5) is 2.40. The summed E-state index contributed by atoms with van der Waals surface area (Å²) in [6.07, 6.45) is 1.58. The van der Waals surface area contributed by atoms with Gasteiger partial charge in [-0.25, -0.2) is 8.42 Å². The standard InChI is InChI=1S/C34H44N2O9S2/c1-25-6-13-30(14-7-25)47(39,40)36-22-34(31(21-28(36)24-45-46(4,37)38)27-9-11-29(42-3)12-10-27)44-23-26-8-15-33-32(20-26)35(17-19-43-33)16-5-18-41-2/h6-15,20,28,31,34H,5,16-19,21-24H2,1-4H3/t28-,31+,34-/m0/s1. The molecule has 47 heavy (non-hydrogen) atoms. The second kappa shape index (κ2) is 15.3. The van der Waals surface area contributed by atoms with E-state index in [0.717, 1.165) is 53.9 Å². The molecule has 256 valence electrons. The van der Waals surface area contributed by atoms with Crippen molar-refractivity contribution in [2.75, 3.05) is 64.8 Å². The van der Waals surface area contributed by atoms with Crippen molar-refractivity contribution in [2.24, 2.45) is 0 Å². The molecule has 1 saturated heterocycles. The molecular formula is C34H44N2O9S2. The molecule has 0 aliphatic carbocycles. The number of anilines is 1. The predicted octanol–water partition coefficient (Wildman–Crippen LogP) is 4.35. The summed E-state index contributed by atoms with van der Waals surface area (Å²) in [5.41, 5.74) is 3.77. The SMILES string of the molecule is COCCCN1CCOc2ccc(CO[C@H]3CN(S(=O)(=O)c4ccc(C)cc4)[C@H](COS(C)(=O)=O)C[C@@H]3c3ccc(OC)cc3)cc21. The minimum atomic E-state index is -4.03. The van der Waals surface area contributed by atoms with Gasteiger partial charge in [0.25, 0.3) is 10.1 Å². The van der Waals surface area contributed by atoms with E-state index in [0.29, 0.717) is 19.0 Å². The van der Waals surface area contributed by atoms with E-state index >= 15 is 0 Å². The van der Waals surface area contributed by atoms with E-state index in [9.17, 15) is 16.8 Å². The van der Waals surface area contributed by atoms with Crippen molar-refractivity contribution in [2.45, 2.75) is 49.3 Å². The highest BCUT2D eigenvalue weighted by Gasteiger charge is 2.43. The number of methoxy groups -OCH3 is 2. The maximum absolute atomic E-state index is 14.1. The van der Waals surface area contributed by atoms with Gasteiger partial charge in [0.1, 0.15) is 18.1 Å². The predicted molar refractivity (Wildman–Crippen MR) is 179 cm³/mol. The number of rotatable bonds is 14. The van der Waals surface area contributed by atoms with E-state index in [1.54, 1.807) is 38.5 Å². The van der Waals surface area contributed by atoms with Gasteiger partial charge in [0, 0.05) is 32.7 Å². The topological polar surface area (TPSA) is 121 Å². The zero-order chi connectivity index (χ0) is 33.6. The van der Waals surface area contributed by atoms with Crippen molar-refractivity contribution in [3.05, 3.63) is 83.4 Å². The smallest absolute Gasteiger partial charge is 0.264 e. The van der Waals surface area contributed by atoms with E-state index < -0.39 is 32.3 Å². The van der Waals surface area contributed by atoms with E-state index in [-0.39, 0.29) is 37.0 Å². The highest BCUT2D eigenvalue weighted by Crippen LogP contribution is 2.39. The van der Waals surface area contributed by atoms with Gasteiger partial charge in [0.15, 0.2) is 0 Å². The van der Waals surface area contributed by atoms with Crippen LogP contribution in [-0.4, -0.2) is 93.2 Å². The van der Waals surface area contributed by atoms with E-state index in [2.05, 4.69) is 11.0 Å². The van der Waals surface area contributed by atoms with Gasteiger partial charge in [-0.1, -0.05) is 35.9 Å². The summed E-state index contributed by atoms with van der Waals surface area (Å²) < 4.78 is 82.0. The number of benzene rings is 3. The molecule has 1 fully saturated rings. The molecule has 0 unspecified atom stereocenters. The molecule has 3 aromatic rings. The van der Waals surface area contributed by atoms with Crippen LogP contribution in [0.2, 0.25) is 0 Å². The zero-order valence-electron chi connectivity index (χ0n) is 27.3. The number of hydrogen-bond acceptors (Lipinski definition) is 10. The molecule has 13 heteroatoms. The van der Waals surface area contributed by atoms with Crippen LogP contribution in [0.3, 0.4) is 0 Å². The number of ether oxygens (including phenoxy) is 4. The Morgan fingerprint density at radius 2 is 1.70 bits per heavy atom. The van der Waals surface area contributed by atoms with Crippen LogP contribution < -0.4 is 14.4 Å². The van der Waals surface area contributed by atoms with Gasteiger partial charge in [-0.2, -0.15) is 12.7 Å². The average Bonchev–Trinajstić information content (AvgIpc) is 3.06. The molecule has 0 saturated carbocycles. The van der Waals surface area contributed by atoms with Crippen molar-refractivity contribution in [1.82, 2.24) is 4.31 Å². The first-order valence-corrected chi connectivity index (χ1v) is 18.9. The summed E-state index contributed by atoms with van der Waals surface area (Å²) in [6, 6.07) is 19.4. The minimum absolute atomic E-state index is 0.00187. The van der Waals surface area contributed by atoms with Crippen LogP contribution >= 0.6 is 0 Å². The first kappa shape index (κ1) is 35.1. The van der Waals surface area contributed by atoms with Gasteiger partial charge in [-0.05, 0) is 67.3 Å². The first-order valence-electron chi connectivity index (χ1n) is 15.7. The van der Waals surface area contributed by atoms with E-state index in [1.807, 2.05) is 43.3 Å². The maximum Gasteiger partial charge on any atom is 0.264 e. The molecule has 11 nitrogen and oxygen atoms in total. The van der Waals surface area contributed by atoms with Crippen molar-refractivity contribution in [3.63, 3.8) is 0 Å². The van der Waals surface area contributed by atoms with Crippen LogP contribution in [0.15, 0.2) is 71.6 Å². The summed E-state index contributed by atoms with van der Waals surface area (Å²) in [7, 11) is -4.57. The lowest BCUT2D eigenvalue weighted by Gasteiger charge is -2.43. The number of fused-ring (bicyclic) bond motifs is 1. The Kier molecular flexibility index (Phi) is 11.5. The second-order valence-electron chi connectivity index (χ2n) is 12.0. The zero-order valence-corrected chi connectivity index (χ0v) is 29.0. The summed E-state index contributed by atoms with van der Waals surface area (Å²) in [5, 5.41) is 0. The van der Waals surface area contributed by atoms with Crippen LogP contribution in [0.1, 0.15) is 35.4 Å². The fraction of sp³-hybridized carbons (Fsp3) is 0.471. The van der Waals surface area contributed by atoms with Crippen LogP contribution in [0.4, 0.5) is 5.69 Å². The largest absolute Gasteiger partial charge is 0.497 e. The maximum atomic E-state index is 14.1. The van der Waals surface area contributed by atoms with Crippen molar-refractivity contribution >= 4 is 25.8 Å². The van der Waals surface area contributed by atoms with Gasteiger partial charge in [0.05, 0.1) is 55.9 Å². The third-order valence-corrected chi connectivity index (χ3v) is 11.1.